The normalized spacial score (nSPS) is 36.0. The predicted octanol–water partition coefficient (Wildman–Crippen LogP) is 5.13. The highest BCUT2D eigenvalue weighted by atomic mass is 16.6. The van der Waals surface area contributed by atoms with Crippen LogP contribution < -0.4 is 0 Å². The molecule has 35 heavy (non-hydrogen) atoms. The van der Waals surface area contributed by atoms with Crippen molar-refractivity contribution in [2.75, 3.05) is 13.2 Å². The van der Waals surface area contributed by atoms with Gasteiger partial charge in [-0.2, -0.15) is 0 Å². The van der Waals surface area contributed by atoms with E-state index in [1.54, 1.807) is 12.1 Å². The second-order valence-corrected chi connectivity index (χ2v) is 11.2. The van der Waals surface area contributed by atoms with Gasteiger partial charge >= 0.3 is 5.97 Å². The minimum atomic E-state index is -0.291. The summed E-state index contributed by atoms with van der Waals surface area (Å²) in [6.45, 7) is 6.82. The standard InChI is InChI=1S/C29H37NO5/c1-4-34-26(32)18-35-24-13-11-21-20-10-12-23-28(2,22(20)14-16-29(21,24)3)17-15-25(31)30(23)27(33)19-8-6-5-7-9-19/h5-9,12,20-22,24H,4,10-11,13-18H2,1-3H3/t20?,21?,22?,24-,28+,29-/m0/s1. The van der Waals surface area contributed by atoms with Gasteiger partial charge in [0.1, 0.15) is 6.61 Å². The van der Waals surface area contributed by atoms with Crippen molar-refractivity contribution in [2.24, 2.45) is 28.6 Å². The number of hydrogen-bond donors (Lipinski definition) is 0. The third-order valence-corrected chi connectivity index (χ3v) is 9.62. The van der Waals surface area contributed by atoms with E-state index in [0.717, 1.165) is 44.2 Å². The largest absolute Gasteiger partial charge is 0.464 e. The number of benzene rings is 1. The number of carbonyl (C=O) groups excluding carboxylic acids is 3. The first-order valence-electron chi connectivity index (χ1n) is 13.2. The zero-order chi connectivity index (χ0) is 24.8. The van der Waals surface area contributed by atoms with E-state index in [4.69, 9.17) is 9.47 Å². The molecule has 1 aromatic rings. The molecule has 2 saturated carbocycles. The van der Waals surface area contributed by atoms with Gasteiger partial charge in [-0.25, -0.2) is 4.79 Å². The molecule has 1 saturated heterocycles. The lowest BCUT2D eigenvalue weighted by molar-refractivity contribution is -0.156. The maximum Gasteiger partial charge on any atom is 0.332 e. The third-order valence-electron chi connectivity index (χ3n) is 9.62. The fourth-order valence-electron chi connectivity index (χ4n) is 7.88. The van der Waals surface area contributed by atoms with E-state index in [9.17, 15) is 14.4 Å². The molecule has 2 amide bonds. The van der Waals surface area contributed by atoms with Crippen molar-refractivity contribution in [3.8, 4) is 0 Å². The number of nitrogens with zero attached hydrogens (tertiary/aromatic N) is 1. The average molecular weight is 480 g/mol. The number of piperidine rings is 1. The van der Waals surface area contributed by atoms with Crippen molar-refractivity contribution in [2.45, 2.75) is 71.8 Å². The van der Waals surface area contributed by atoms with Crippen molar-refractivity contribution in [1.29, 1.82) is 0 Å². The summed E-state index contributed by atoms with van der Waals surface area (Å²) in [6, 6.07) is 9.14. The van der Waals surface area contributed by atoms with E-state index in [1.165, 1.54) is 4.90 Å². The highest BCUT2D eigenvalue weighted by Gasteiger charge is 2.60. The average Bonchev–Trinajstić information content (AvgIpc) is 3.19. The number of fused-ring (bicyclic) bond motifs is 5. The monoisotopic (exact) mass is 479 g/mol. The highest BCUT2D eigenvalue weighted by molar-refractivity contribution is 6.07. The van der Waals surface area contributed by atoms with Crippen molar-refractivity contribution in [1.82, 2.24) is 4.90 Å². The fraction of sp³-hybridized carbons (Fsp3) is 0.621. The molecule has 1 heterocycles. The maximum atomic E-state index is 13.4. The van der Waals surface area contributed by atoms with Gasteiger partial charge in [0.25, 0.3) is 5.91 Å². The van der Waals surface area contributed by atoms with Gasteiger partial charge in [0.15, 0.2) is 0 Å². The first-order valence-corrected chi connectivity index (χ1v) is 13.2. The Bertz CT molecular complexity index is 1030. The zero-order valence-electron chi connectivity index (χ0n) is 21.1. The Hall–Kier alpha value is -2.47. The van der Waals surface area contributed by atoms with E-state index in [0.29, 0.717) is 36.3 Å². The Balaban J connectivity index is 1.39. The van der Waals surface area contributed by atoms with Gasteiger partial charge in [-0.15, -0.1) is 0 Å². The summed E-state index contributed by atoms with van der Waals surface area (Å²) in [7, 11) is 0. The van der Waals surface area contributed by atoms with Crippen LogP contribution in [0.2, 0.25) is 0 Å². The quantitative estimate of drug-likeness (QED) is 0.432. The topological polar surface area (TPSA) is 72.9 Å². The molecule has 0 bridgehead atoms. The van der Waals surface area contributed by atoms with Gasteiger partial charge in [-0.05, 0) is 80.8 Å². The molecule has 5 rings (SSSR count). The van der Waals surface area contributed by atoms with E-state index in [2.05, 4.69) is 19.9 Å². The molecular weight excluding hydrogens is 442 g/mol. The summed E-state index contributed by atoms with van der Waals surface area (Å²) in [4.78, 5) is 39.8. The Morgan fingerprint density at radius 1 is 1.06 bits per heavy atom. The Labute approximate surface area is 208 Å². The number of amides is 2. The van der Waals surface area contributed by atoms with Gasteiger partial charge in [-0.1, -0.05) is 38.1 Å². The van der Waals surface area contributed by atoms with Crippen molar-refractivity contribution in [3.63, 3.8) is 0 Å². The van der Waals surface area contributed by atoms with Gasteiger partial charge in [-0.3, -0.25) is 14.5 Å². The summed E-state index contributed by atoms with van der Waals surface area (Å²) >= 11 is 0. The molecule has 3 aliphatic carbocycles. The van der Waals surface area contributed by atoms with Crippen molar-refractivity contribution >= 4 is 17.8 Å². The van der Waals surface area contributed by atoms with Gasteiger partial charge in [0.2, 0.25) is 5.91 Å². The van der Waals surface area contributed by atoms with E-state index < -0.39 is 0 Å². The second-order valence-electron chi connectivity index (χ2n) is 11.2. The van der Waals surface area contributed by atoms with Crippen LogP contribution in [0.1, 0.15) is 76.1 Å². The molecule has 0 aromatic heterocycles. The maximum absolute atomic E-state index is 13.4. The summed E-state index contributed by atoms with van der Waals surface area (Å²) in [5.41, 5.74) is 1.33. The van der Waals surface area contributed by atoms with Crippen LogP contribution in [0.5, 0.6) is 0 Å². The number of carbonyl (C=O) groups is 3. The number of allylic oxidation sites excluding steroid dienone is 2. The van der Waals surface area contributed by atoms with Gasteiger partial charge in [0, 0.05) is 23.1 Å². The molecule has 0 spiro atoms. The summed E-state index contributed by atoms with van der Waals surface area (Å²) < 4.78 is 11.2. The summed E-state index contributed by atoms with van der Waals surface area (Å²) in [5.74, 6) is 0.860. The minimum Gasteiger partial charge on any atom is -0.464 e. The number of rotatable bonds is 5. The van der Waals surface area contributed by atoms with E-state index in [-0.39, 0.29) is 41.3 Å². The number of ether oxygens (including phenoxy) is 2. The molecule has 0 N–H and O–H groups in total. The lowest BCUT2D eigenvalue weighted by Crippen LogP contribution is -2.55. The van der Waals surface area contributed by atoms with Crippen LogP contribution in [-0.2, 0) is 19.1 Å². The van der Waals surface area contributed by atoms with Crippen LogP contribution in [0.15, 0.2) is 42.1 Å². The van der Waals surface area contributed by atoms with Crippen LogP contribution in [0.3, 0.4) is 0 Å². The molecule has 6 nitrogen and oxygen atoms in total. The number of imide groups is 1. The van der Waals surface area contributed by atoms with Gasteiger partial charge in [0.05, 0.1) is 12.7 Å². The molecular formula is C29H37NO5. The van der Waals surface area contributed by atoms with Crippen molar-refractivity contribution < 1.29 is 23.9 Å². The van der Waals surface area contributed by atoms with Crippen molar-refractivity contribution in [3.05, 3.63) is 47.7 Å². The molecule has 1 aromatic carbocycles. The molecule has 6 heteroatoms. The predicted molar refractivity (Wildman–Crippen MR) is 131 cm³/mol. The summed E-state index contributed by atoms with van der Waals surface area (Å²) in [6.07, 6.45) is 8.49. The molecule has 0 radical (unpaired) electrons. The summed E-state index contributed by atoms with van der Waals surface area (Å²) in [5, 5.41) is 0. The number of likely N-dealkylation sites (tertiary alicyclic amines) is 1. The smallest absolute Gasteiger partial charge is 0.332 e. The highest BCUT2D eigenvalue weighted by Crippen LogP contribution is 2.65. The van der Waals surface area contributed by atoms with Crippen LogP contribution in [0.25, 0.3) is 0 Å². The van der Waals surface area contributed by atoms with Crippen LogP contribution >= 0.6 is 0 Å². The van der Waals surface area contributed by atoms with Crippen LogP contribution in [0.4, 0.5) is 0 Å². The fourth-order valence-corrected chi connectivity index (χ4v) is 7.88. The lowest BCUT2D eigenvalue weighted by atomic mass is 9.49. The molecule has 3 unspecified atom stereocenters. The molecule has 6 atom stereocenters. The zero-order valence-corrected chi connectivity index (χ0v) is 21.1. The lowest BCUT2D eigenvalue weighted by Gasteiger charge is -2.58. The molecule has 1 aliphatic heterocycles. The SMILES string of the molecule is CCOC(=O)CO[C@H]1CCC2C3CC=C4N(C(=O)c5ccccc5)C(=O)CC[C@]4(C)C3CC[C@@]21C. The third kappa shape index (κ3) is 3.94. The molecule has 188 valence electrons. The van der Waals surface area contributed by atoms with Gasteiger partial charge < -0.3 is 9.47 Å². The molecule has 4 aliphatic rings. The van der Waals surface area contributed by atoms with Crippen LogP contribution in [-0.4, -0.2) is 42.0 Å². The number of hydrogen-bond acceptors (Lipinski definition) is 5. The van der Waals surface area contributed by atoms with E-state index >= 15 is 0 Å². The molecule has 3 fully saturated rings. The van der Waals surface area contributed by atoms with E-state index in [1.807, 2.05) is 25.1 Å². The first kappa shape index (κ1) is 24.2. The Morgan fingerprint density at radius 3 is 2.57 bits per heavy atom. The first-order chi connectivity index (χ1) is 16.8. The Kier molecular flexibility index (Phi) is 6.37. The minimum absolute atomic E-state index is 0.0232. The number of esters is 1. The van der Waals surface area contributed by atoms with Crippen LogP contribution in [0, 0.1) is 28.6 Å². The second kappa shape index (κ2) is 9.20. The Morgan fingerprint density at radius 2 is 1.83 bits per heavy atom.